The van der Waals surface area contributed by atoms with Gasteiger partial charge in [0.25, 0.3) is 0 Å². The summed E-state index contributed by atoms with van der Waals surface area (Å²) in [5.41, 5.74) is 0.808. The van der Waals surface area contributed by atoms with Crippen LogP contribution in [0.3, 0.4) is 0 Å². The SMILES string of the molecule is CC(C)(C)/C(=C/C(=O)OCCN1CCS(=O)(=O)CC1)N1CCOCC1. The lowest BCUT2D eigenvalue weighted by atomic mass is 9.90. The number of carbonyl (C=O) groups is 1. The minimum absolute atomic E-state index is 0.155. The molecule has 0 spiro atoms. The fourth-order valence-corrected chi connectivity index (χ4v) is 4.27. The molecule has 144 valence electrons. The van der Waals surface area contributed by atoms with E-state index in [0.717, 1.165) is 18.8 Å². The number of hydrogen-bond donors (Lipinski definition) is 0. The zero-order valence-electron chi connectivity index (χ0n) is 15.5. The number of hydrogen-bond acceptors (Lipinski definition) is 7. The van der Waals surface area contributed by atoms with Gasteiger partial charge in [0.2, 0.25) is 0 Å². The average molecular weight is 375 g/mol. The number of nitrogens with zero attached hydrogens (tertiary/aromatic N) is 2. The number of carbonyl (C=O) groups excluding carboxylic acids is 1. The van der Waals surface area contributed by atoms with Gasteiger partial charge in [-0.25, -0.2) is 13.2 Å². The maximum Gasteiger partial charge on any atom is 0.332 e. The minimum atomic E-state index is -2.88. The smallest absolute Gasteiger partial charge is 0.332 e. The summed E-state index contributed by atoms with van der Waals surface area (Å²) in [5.74, 6) is 0.0269. The molecule has 2 fully saturated rings. The van der Waals surface area contributed by atoms with E-state index in [2.05, 4.69) is 25.7 Å². The zero-order valence-corrected chi connectivity index (χ0v) is 16.3. The molecule has 0 bridgehead atoms. The Morgan fingerprint density at radius 3 is 2.28 bits per heavy atom. The van der Waals surface area contributed by atoms with Crippen LogP contribution in [0.4, 0.5) is 0 Å². The summed E-state index contributed by atoms with van der Waals surface area (Å²) < 4.78 is 33.6. The van der Waals surface area contributed by atoms with E-state index in [1.54, 1.807) is 6.08 Å². The summed E-state index contributed by atoms with van der Waals surface area (Å²) in [5, 5.41) is 0. The van der Waals surface area contributed by atoms with Gasteiger partial charge in [-0.3, -0.25) is 4.90 Å². The highest BCUT2D eigenvalue weighted by Gasteiger charge is 2.26. The molecule has 0 aromatic rings. The lowest BCUT2D eigenvalue weighted by Gasteiger charge is -2.37. The molecular weight excluding hydrogens is 344 g/mol. The maximum atomic E-state index is 12.2. The molecule has 0 saturated carbocycles. The van der Waals surface area contributed by atoms with Gasteiger partial charge in [-0.05, 0) is 0 Å². The molecule has 0 aliphatic carbocycles. The van der Waals surface area contributed by atoms with Gasteiger partial charge in [-0.2, -0.15) is 0 Å². The molecule has 2 rings (SSSR count). The van der Waals surface area contributed by atoms with Crippen molar-refractivity contribution < 1.29 is 22.7 Å². The normalized spacial score (nSPS) is 22.7. The van der Waals surface area contributed by atoms with Crippen LogP contribution in [0.15, 0.2) is 11.8 Å². The van der Waals surface area contributed by atoms with Gasteiger partial charge in [0, 0.05) is 49.9 Å². The molecular formula is C17H30N2O5S. The van der Waals surface area contributed by atoms with E-state index in [9.17, 15) is 13.2 Å². The molecule has 25 heavy (non-hydrogen) atoms. The van der Waals surface area contributed by atoms with Crippen LogP contribution < -0.4 is 0 Å². The molecule has 0 unspecified atom stereocenters. The van der Waals surface area contributed by atoms with E-state index in [1.807, 2.05) is 4.90 Å². The molecule has 0 aromatic heterocycles. The fourth-order valence-electron chi connectivity index (χ4n) is 2.99. The van der Waals surface area contributed by atoms with Crippen molar-refractivity contribution in [3.8, 4) is 0 Å². The molecule has 0 N–H and O–H groups in total. The van der Waals surface area contributed by atoms with Gasteiger partial charge in [0.05, 0.1) is 24.7 Å². The van der Waals surface area contributed by atoms with Gasteiger partial charge < -0.3 is 14.4 Å². The first kappa shape index (κ1) is 20.2. The molecule has 2 saturated heterocycles. The second-order valence-corrected chi connectivity index (χ2v) is 9.84. The molecule has 0 radical (unpaired) electrons. The Bertz CT molecular complexity index is 575. The quantitative estimate of drug-likeness (QED) is 0.513. The first-order chi connectivity index (χ1) is 11.7. The van der Waals surface area contributed by atoms with E-state index in [4.69, 9.17) is 9.47 Å². The average Bonchev–Trinajstić information content (AvgIpc) is 2.54. The van der Waals surface area contributed by atoms with Crippen LogP contribution in [0.2, 0.25) is 0 Å². The maximum absolute atomic E-state index is 12.2. The monoisotopic (exact) mass is 374 g/mol. The van der Waals surface area contributed by atoms with Crippen LogP contribution in [-0.4, -0.2) is 88.2 Å². The summed E-state index contributed by atoms with van der Waals surface area (Å²) in [7, 11) is -2.88. The third kappa shape index (κ3) is 6.60. The Balaban J connectivity index is 1.84. The predicted octanol–water partition coefficient (Wildman–Crippen LogP) is 0.522. The van der Waals surface area contributed by atoms with Crippen molar-refractivity contribution in [3.63, 3.8) is 0 Å². The van der Waals surface area contributed by atoms with Crippen LogP contribution in [-0.2, 0) is 24.1 Å². The molecule has 2 aliphatic rings. The summed E-state index contributed by atoms with van der Waals surface area (Å²) in [6, 6.07) is 0. The van der Waals surface area contributed by atoms with Gasteiger partial charge in [-0.1, -0.05) is 20.8 Å². The van der Waals surface area contributed by atoms with Crippen molar-refractivity contribution in [1.82, 2.24) is 9.80 Å². The minimum Gasteiger partial charge on any atom is -0.461 e. The number of ether oxygens (including phenoxy) is 2. The largest absolute Gasteiger partial charge is 0.461 e. The molecule has 2 aliphatic heterocycles. The van der Waals surface area contributed by atoms with Crippen LogP contribution in [0.1, 0.15) is 20.8 Å². The first-order valence-corrected chi connectivity index (χ1v) is 10.6. The highest BCUT2D eigenvalue weighted by Crippen LogP contribution is 2.29. The number of allylic oxidation sites excluding steroid dienone is 1. The standard InChI is InChI=1S/C17H30N2O5S/c1-17(2,3)15(19-5-9-23-10-6-19)14-16(20)24-11-4-18-7-12-25(21,22)13-8-18/h14H,4-13H2,1-3H3/b15-14-. The first-order valence-electron chi connectivity index (χ1n) is 8.82. The topological polar surface area (TPSA) is 76.2 Å². The molecule has 2 heterocycles. The second-order valence-electron chi connectivity index (χ2n) is 7.54. The summed E-state index contributed by atoms with van der Waals surface area (Å²) in [6.45, 7) is 11.0. The van der Waals surface area contributed by atoms with Crippen LogP contribution >= 0.6 is 0 Å². The van der Waals surface area contributed by atoms with E-state index >= 15 is 0 Å². The third-order valence-corrected chi connectivity index (χ3v) is 6.07. The van der Waals surface area contributed by atoms with Gasteiger partial charge in [0.1, 0.15) is 6.61 Å². The number of rotatable bonds is 5. The zero-order chi connectivity index (χ0) is 18.5. The van der Waals surface area contributed by atoms with E-state index < -0.39 is 9.84 Å². The van der Waals surface area contributed by atoms with Crippen molar-refractivity contribution in [2.45, 2.75) is 20.8 Å². The highest BCUT2D eigenvalue weighted by atomic mass is 32.2. The van der Waals surface area contributed by atoms with Crippen LogP contribution in [0.25, 0.3) is 0 Å². The van der Waals surface area contributed by atoms with Gasteiger partial charge in [0.15, 0.2) is 9.84 Å². The lowest BCUT2D eigenvalue weighted by molar-refractivity contribution is -0.138. The number of morpholine rings is 1. The van der Waals surface area contributed by atoms with Crippen LogP contribution in [0, 0.1) is 5.41 Å². The molecule has 0 atom stereocenters. The molecule has 0 aromatic carbocycles. The van der Waals surface area contributed by atoms with E-state index in [-0.39, 0.29) is 29.5 Å². The Labute approximate surface area is 150 Å². The second kappa shape index (κ2) is 8.51. The fraction of sp³-hybridized carbons (Fsp3) is 0.824. The Morgan fingerprint density at radius 1 is 1.12 bits per heavy atom. The summed E-state index contributed by atoms with van der Waals surface area (Å²) in [4.78, 5) is 16.4. The molecule has 0 amide bonds. The Hall–Kier alpha value is -1.12. The Morgan fingerprint density at radius 2 is 1.72 bits per heavy atom. The molecule has 8 heteroatoms. The lowest BCUT2D eigenvalue weighted by Crippen LogP contribution is -2.42. The number of sulfone groups is 1. The van der Waals surface area contributed by atoms with Gasteiger partial charge >= 0.3 is 5.97 Å². The highest BCUT2D eigenvalue weighted by molar-refractivity contribution is 7.91. The predicted molar refractivity (Wildman–Crippen MR) is 96.0 cm³/mol. The Kier molecular flexibility index (Phi) is 6.87. The number of esters is 1. The summed E-state index contributed by atoms with van der Waals surface area (Å²) >= 11 is 0. The van der Waals surface area contributed by atoms with E-state index in [0.29, 0.717) is 32.8 Å². The van der Waals surface area contributed by atoms with Crippen LogP contribution in [0.5, 0.6) is 0 Å². The van der Waals surface area contributed by atoms with Crippen molar-refractivity contribution in [3.05, 3.63) is 11.8 Å². The van der Waals surface area contributed by atoms with Crippen molar-refractivity contribution >= 4 is 15.8 Å². The van der Waals surface area contributed by atoms with Crippen molar-refractivity contribution in [2.24, 2.45) is 5.41 Å². The van der Waals surface area contributed by atoms with Crippen molar-refractivity contribution in [2.75, 3.05) is 64.1 Å². The summed E-state index contributed by atoms with van der Waals surface area (Å²) in [6.07, 6.45) is 1.59. The van der Waals surface area contributed by atoms with Gasteiger partial charge in [-0.15, -0.1) is 0 Å². The van der Waals surface area contributed by atoms with Crippen molar-refractivity contribution in [1.29, 1.82) is 0 Å². The van der Waals surface area contributed by atoms with E-state index in [1.165, 1.54) is 0 Å². The molecule has 7 nitrogen and oxygen atoms in total. The third-order valence-electron chi connectivity index (χ3n) is 4.46.